The van der Waals surface area contributed by atoms with Crippen molar-refractivity contribution in [2.75, 3.05) is 44.2 Å². The topological polar surface area (TPSA) is 77.3 Å². The molecule has 1 N–H and O–H groups in total. The first-order valence-corrected chi connectivity index (χ1v) is 11.8. The first kappa shape index (κ1) is 21.7. The number of fused-ring (bicyclic) bond motifs is 2. The zero-order valence-corrected chi connectivity index (χ0v) is 19.2. The van der Waals surface area contributed by atoms with Gasteiger partial charge in [0.1, 0.15) is 24.1 Å². The SMILES string of the molecule is N#CC[C@H]1CN(c2nc(OC[C@@]34CCCN3C[C@H](F)C4)nc3c(F)c(Br)ccc23)CCN1. The first-order chi connectivity index (χ1) is 15.5. The number of benzene rings is 1. The third-order valence-electron chi connectivity index (χ3n) is 6.84. The molecule has 0 amide bonds. The van der Waals surface area contributed by atoms with Gasteiger partial charge in [0.2, 0.25) is 0 Å². The lowest BCUT2D eigenvalue weighted by molar-refractivity contribution is 0.107. The van der Waals surface area contributed by atoms with Crippen LogP contribution in [0.15, 0.2) is 16.6 Å². The van der Waals surface area contributed by atoms with E-state index in [2.05, 4.69) is 47.1 Å². The Bertz CT molecular complexity index is 1060. The second kappa shape index (κ2) is 8.69. The van der Waals surface area contributed by atoms with Gasteiger partial charge in [0.25, 0.3) is 0 Å². The normalized spacial score (nSPS) is 28.1. The minimum absolute atomic E-state index is 0.00865. The fraction of sp³-hybridized carbons (Fsp3) is 0.591. The average molecular weight is 507 g/mol. The highest BCUT2D eigenvalue weighted by Gasteiger charge is 2.49. The van der Waals surface area contributed by atoms with Gasteiger partial charge in [-0.25, -0.2) is 8.78 Å². The molecule has 1 aromatic heterocycles. The number of aromatic nitrogens is 2. The van der Waals surface area contributed by atoms with E-state index in [0.29, 0.717) is 54.7 Å². The molecule has 3 saturated heterocycles. The zero-order valence-electron chi connectivity index (χ0n) is 17.7. The van der Waals surface area contributed by atoms with Crippen LogP contribution in [0.25, 0.3) is 10.9 Å². The number of hydrogen-bond acceptors (Lipinski definition) is 7. The number of halogens is 3. The van der Waals surface area contributed by atoms with Crippen molar-refractivity contribution in [2.24, 2.45) is 0 Å². The summed E-state index contributed by atoms with van der Waals surface area (Å²) < 4.78 is 35.5. The number of alkyl halides is 1. The van der Waals surface area contributed by atoms with E-state index in [4.69, 9.17) is 10.00 Å². The minimum atomic E-state index is -0.849. The van der Waals surface area contributed by atoms with Gasteiger partial charge in [0.15, 0.2) is 5.82 Å². The molecule has 32 heavy (non-hydrogen) atoms. The Kier molecular flexibility index (Phi) is 5.90. The summed E-state index contributed by atoms with van der Waals surface area (Å²) >= 11 is 3.24. The fourth-order valence-corrected chi connectivity index (χ4v) is 5.64. The lowest BCUT2D eigenvalue weighted by atomic mass is 9.95. The molecule has 0 radical (unpaired) electrons. The van der Waals surface area contributed by atoms with E-state index in [1.54, 1.807) is 12.1 Å². The second-order valence-corrected chi connectivity index (χ2v) is 9.76. The van der Waals surface area contributed by atoms with Crippen LogP contribution in [0.1, 0.15) is 25.7 Å². The molecule has 0 spiro atoms. The number of hydrogen-bond donors (Lipinski definition) is 1. The van der Waals surface area contributed by atoms with Gasteiger partial charge in [-0.05, 0) is 47.4 Å². The van der Waals surface area contributed by atoms with E-state index < -0.39 is 12.0 Å². The first-order valence-electron chi connectivity index (χ1n) is 11.0. The molecule has 3 aliphatic heterocycles. The lowest BCUT2D eigenvalue weighted by Gasteiger charge is -2.34. The number of nitrogens with one attached hydrogen (secondary N) is 1. The monoisotopic (exact) mass is 506 g/mol. The summed E-state index contributed by atoms with van der Waals surface area (Å²) in [4.78, 5) is 13.3. The third kappa shape index (κ3) is 3.91. The van der Waals surface area contributed by atoms with E-state index in [0.717, 1.165) is 19.4 Å². The summed E-state index contributed by atoms with van der Waals surface area (Å²) in [6.45, 7) is 3.55. The lowest BCUT2D eigenvalue weighted by Crippen LogP contribution is -2.51. The van der Waals surface area contributed by atoms with Gasteiger partial charge in [0.05, 0.1) is 22.5 Å². The smallest absolute Gasteiger partial charge is 0.319 e. The summed E-state index contributed by atoms with van der Waals surface area (Å²) in [6.07, 6.45) is 1.87. The van der Waals surface area contributed by atoms with Crippen LogP contribution in [0.3, 0.4) is 0 Å². The maximum Gasteiger partial charge on any atom is 0.319 e. The number of rotatable bonds is 5. The van der Waals surface area contributed by atoms with Crippen molar-refractivity contribution >= 4 is 32.7 Å². The van der Waals surface area contributed by atoms with Gasteiger partial charge in [-0.1, -0.05) is 0 Å². The zero-order chi connectivity index (χ0) is 22.3. The molecule has 1 aromatic carbocycles. The third-order valence-corrected chi connectivity index (χ3v) is 7.45. The predicted octanol–water partition coefficient (Wildman–Crippen LogP) is 3.18. The van der Waals surface area contributed by atoms with Crippen molar-refractivity contribution in [1.82, 2.24) is 20.2 Å². The molecule has 3 aliphatic rings. The second-order valence-electron chi connectivity index (χ2n) is 8.91. The van der Waals surface area contributed by atoms with Gasteiger partial charge in [-0.3, -0.25) is 4.90 Å². The van der Waals surface area contributed by atoms with E-state index in [1.165, 1.54) is 0 Å². The van der Waals surface area contributed by atoms with Crippen LogP contribution in [-0.2, 0) is 0 Å². The summed E-state index contributed by atoms with van der Waals surface area (Å²) in [5, 5.41) is 13.0. The number of nitriles is 1. The Hall–Kier alpha value is -2.09. The molecule has 0 aliphatic carbocycles. The van der Waals surface area contributed by atoms with Crippen LogP contribution in [0.4, 0.5) is 14.6 Å². The van der Waals surface area contributed by atoms with Crippen LogP contribution in [0, 0.1) is 17.1 Å². The highest BCUT2D eigenvalue weighted by Crippen LogP contribution is 2.40. The minimum Gasteiger partial charge on any atom is -0.461 e. The molecule has 7 nitrogen and oxygen atoms in total. The molecule has 5 rings (SSSR count). The van der Waals surface area contributed by atoms with Gasteiger partial charge >= 0.3 is 6.01 Å². The Labute approximate surface area is 193 Å². The summed E-state index contributed by atoms with van der Waals surface area (Å²) in [5.41, 5.74) is -0.147. The maximum atomic E-state index is 15.0. The molecular formula is C22H25BrF2N6O. The van der Waals surface area contributed by atoms with Crippen LogP contribution >= 0.6 is 15.9 Å². The number of piperazine rings is 1. The van der Waals surface area contributed by atoms with Crippen molar-refractivity contribution in [1.29, 1.82) is 5.26 Å². The summed E-state index contributed by atoms with van der Waals surface area (Å²) in [7, 11) is 0. The standard InChI is InChI=1S/C22H25BrF2N6O/c23-17-3-2-16-19(18(17)25)28-21(29-20(16)30-9-7-27-15(12-30)4-6-26)32-13-22-5-1-8-31(22)11-14(24)10-22/h2-3,14-15,27H,1,4-5,7-13H2/t14-,15+,22+/m1/s1. The Balaban J connectivity index is 1.48. The Morgan fingerprint density at radius 3 is 3.03 bits per heavy atom. The highest BCUT2D eigenvalue weighted by atomic mass is 79.9. The molecule has 2 aromatic rings. The molecule has 0 unspecified atom stereocenters. The van der Waals surface area contributed by atoms with Gasteiger partial charge in [0, 0.05) is 44.0 Å². The molecular weight excluding hydrogens is 482 g/mol. The van der Waals surface area contributed by atoms with E-state index in [-0.39, 0.29) is 29.7 Å². The number of ether oxygens (including phenoxy) is 1. The van der Waals surface area contributed by atoms with Gasteiger partial charge in [-0.15, -0.1) is 0 Å². The van der Waals surface area contributed by atoms with E-state index in [1.807, 2.05) is 0 Å². The highest BCUT2D eigenvalue weighted by molar-refractivity contribution is 9.10. The number of anilines is 1. The molecule has 10 heteroatoms. The Morgan fingerprint density at radius 2 is 2.19 bits per heavy atom. The van der Waals surface area contributed by atoms with Gasteiger partial charge < -0.3 is 15.0 Å². The van der Waals surface area contributed by atoms with Crippen molar-refractivity contribution < 1.29 is 13.5 Å². The summed E-state index contributed by atoms with van der Waals surface area (Å²) in [6, 6.07) is 5.76. The maximum absolute atomic E-state index is 15.0. The molecule has 170 valence electrons. The van der Waals surface area contributed by atoms with E-state index >= 15 is 4.39 Å². The molecule has 0 saturated carbocycles. The van der Waals surface area contributed by atoms with Crippen molar-refractivity contribution in [3.8, 4) is 12.1 Å². The average Bonchev–Trinajstić information content (AvgIpc) is 3.31. The molecule has 0 bridgehead atoms. The van der Waals surface area contributed by atoms with E-state index in [9.17, 15) is 4.39 Å². The molecule has 3 fully saturated rings. The largest absolute Gasteiger partial charge is 0.461 e. The fourth-order valence-electron chi connectivity index (χ4n) is 5.32. The van der Waals surface area contributed by atoms with Crippen molar-refractivity contribution in [3.63, 3.8) is 0 Å². The van der Waals surface area contributed by atoms with Crippen LogP contribution < -0.4 is 15.0 Å². The number of nitrogens with zero attached hydrogens (tertiary/aromatic N) is 5. The van der Waals surface area contributed by atoms with Crippen LogP contribution in [0.5, 0.6) is 6.01 Å². The predicted molar refractivity (Wildman–Crippen MR) is 120 cm³/mol. The molecule has 4 heterocycles. The van der Waals surface area contributed by atoms with Crippen molar-refractivity contribution in [2.45, 2.75) is 43.4 Å². The van der Waals surface area contributed by atoms with Crippen molar-refractivity contribution in [3.05, 3.63) is 22.4 Å². The van der Waals surface area contributed by atoms with Gasteiger partial charge in [-0.2, -0.15) is 15.2 Å². The molecule has 3 atom stereocenters. The van der Waals surface area contributed by atoms with Crippen LogP contribution in [-0.4, -0.2) is 72.0 Å². The summed E-state index contributed by atoms with van der Waals surface area (Å²) in [5.74, 6) is 0.126. The quantitative estimate of drug-likeness (QED) is 0.667. The Morgan fingerprint density at radius 1 is 1.31 bits per heavy atom. The van der Waals surface area contributed by atoms with Crippen LogP contribution in [0.2, 0.25) is 0 Å².